The zero-order chi connectivity index (χ0) is 16.5. The first kappa shape index (κ1) is 17.8. The van der Waals surface area contributed by atoms with Gasteiger partial charge >= 0.3 is 0 Å². The molecule has 0 fully saturated rings. The predicted octanol–water partition coefficient (Wildman–Crippen LogP) is 4.44. The number of phenolic OH excluding ortho intramolecular Hbond substituents is 2. The topological polar surface area (TPSA) is 60.7 Å². The highest BCUT2D eigenvalue weighted by atomic mass is 16.3. The van der Waals surface area contributed by atoms with E-state index >= 15 is 0 Å². The van der Waals surface area contributed by atoms with E-state index in [2.05, 4.69) is 13.8 Å². The summed E-state index contributed by atoms with van der Waals surface area (Å²) >= 11 is 0. The highest BCUT2D eigenvalue weighted by Gasteiger charge is 2.09. The van der Waals surface area contributed by atoms with Crippen LogP contribution in [0.5, 0.6) is 11.5 Å². The summed E-state index contributed by atoms with van der Waals surface area (Å²) in [5, 5.41) is 25.8. The van der Waals surface area contributed by atoms with Gasteiger partial charge in [0.25, 0.3) is 0 Å². The Morgan fingerprint density at radius 1 is 0.636 bits per heavy atom. The summed E-state index contributed by atoms with van der Waals surface area (Å²) in [6, 6.07) is 14.7. The minimum absolute atomic E-state index is 0.284. The molecule has 0 saturated heterocycles. The molecule has 0 heterocycles. The Morgan fingerprint density at radius 2 is 0.909 bits per heavy atom. The van der Waals surface area contributed by atoms with Gasteiger partial charge in [-0.25, -0.2) is 0 Å². The maximum atomic E-state index is 9.41. The van der Waals surface area contributed by atoms with E-state index in [1.165, 1.54) is 11.1 Å². The van der Waals surface area contributed by atoms with Crippen LogP contribution in [-0.4, -0.2) is 22.4 Å². The standard InChI is InChI=1S/C18H20O2.CH4O/c1-3-17(13-5-9-15(19)10-6-13)18(4-2)14-7-11-16(20)12-8-14;1-2/h5-12,19-20H,3-4H2,1-2H3;2H,1H3/b18-17+;. The van der Waals surface area contributed by atoms with Crippen LogP contribution < -0.4 is 0 Å². The van der Waals surface area contributed by atoms with Gasteiger partial charge in [-0.1, -0.05) is 38.1 Å². The van der Waals surface area contributed by atoms with Gasteiger partial charge in [-0.2, -0.15) is 0 Å². The first-order valence-electron chi connectivity index (χ1n) is 7.41. The van der Waals surface area contributed by atoms with Crippen molar-refractivity contribution in [3.63, 3.8) is 0 Å². The lowest BCUT2D eigenvalue weighted by atomic mass is 9.91. The monoisotopic (exact) mass is 300 g/mol. The minimum atomic E-state index is 0.284. The number of aromatic hydroxyl groups is 2. The Hall–Kier alpha value is -2.26. The molecule has 118 valence electrons. The molecule has 0 aliphatic heterocycles. The molecule has 0 aliphatic carbocycles. The van der Waals surface area contributed by atoms with Crippen LogP contribution in [0.1, 0.15) is 37.8 Å². The lowest BCUT2D eigenvalue weighted by Crippen LogP contribution is -1.91. The fourth-order valence-corrected chi connectivity index (χ4v) is 2.51. The van der Waals surface area contributed by atoms with Crippen molar-refractivity contribution >= 4 is 11.1 Å². The van der Waals surface area contributed by atoms with Crippen LogP contribution in [0, 0.1) is 0 Å². The number of aliphatic hydroxyl groups is 1. The third-order valence-electron chi connectivity index (χ3n) is 3.50. The summed E-state index contributed by atoms with van der Waals surface area (Å²) < 4.78 is 0. The Morgan fingerprint density at radius 3 is 1.14 bits per heavy atom. The van der Waals surface area contributed by atoms with E-state index in [1.54, 1.807) is 24.3 Å². The third kappa shape index (κ3) is 4.37. The van der Waals surface area contributed by atoms with Crippen molar-refractivity contribution in [1.29, 1.82) is 0 Å². The SMILES string of the molecule is CC/C(=C(/CC)c1ccc(O)cc1)c1ccc(O)cc1.CO. The van der Waals surface area contributed by atoms with Crippen molar-refractivity contribution in [3.05, 3.63) is 59.7 Å². The Labute approximate surface area is 132 Å². The van der Waals surface area contributed by atoms with Crippen LogP contribution in [-0.2, 0) is 0 Å². The molecule has 2 aromatic rings. The molecule has 0 unspecified atom stereocenters. The average Bonchev–Trinajstić information content (AvgIpc) is 2.56. The maximum Gasteiger partial charge on any atom is 0.115 e. The Balaban J connectivity index is 0.00000116. The first-order chi connectivity index (χ1) is 10.7. The van der Waals surface area contributed by atoms with E-state index in [9.17, 15) is 10.2 Å². The second kappa shape index (κ2) is 8.90. The summed E-state index contributed by atoms with van der Waals surface area (Å²) in [5.41, 5.74) is 4.82. The van der Waals surface area contributed by atoms with Gasteiger partial charge in [0.2, 0.25) is 0 Å². The Kier molecular flexibility index (Phi) is 7.20. The molecule has 3 nitrogen and oxygen atoms in total. The predicted molar refractivity (Wildman–Crippen MR) is 91.8 cm³/mol. The number of phenols is 2. The maximum absolute atomic E-state index is 9.41. The van der Waals surface area contributed by atoms with Gasteiger partial charge in [-0.15, -0.1) is 0 Å². The summed E-state index contributed by atoms with van der Waals surface area (Å²) in [6.07, 6.45) is 1.85. The van der Waals surface area contributed by atoms with E-state index in [0.717, 1.165) is 31.1 Å². The van der Waals surface area contributed by atoms with Gasteiger partial charge in [-0.3, -0.25) is 0 Å². The van der Waals surface area contributed by atoms with Gasteiger partial charge in [-0.05, 0) is 59.4 Å². The quantitative estimate of drug-likeness (QED) is 0.732. The van der Waals surface area contributed by atoms with E-state index in [1.807, 2.05) is 24.3 Å². The second-order valence-electron chi connectivity index (χ2n) is 4.76. The molecule has 0 atom stereocenters. The number of aliphatic hydroxyl groups excluding tert-OH is 1. The van der Waals surface area contributed by atoms with Gasteiger partial charge in [0.15, 0.2) is 0 Å². The van der Waals surface area contributed by atoms with Crippen molar-refractivity contribution in [2.75, 3.05) is 7.11 Å². The molecule has 0 spiro atoms. The van der Waals surface area contributed by atoms with Crippen molar-refractivity contribution in [1.82, 2.24) is 0 Å². The van der Waals surface area contributed by atoms with Gasteiger partial charge in [0.05, 0.1) is 0 Å². The van der Waals surface area contributed by atoms with Crippen LogP contribution in [0.2, 0.25) is 0 Å². The van der Waals surface area contributed by atoms with Crippen LogP contribution >= 0.6 is 0 Å². The molecule has 0 bridgehead atoms. The molecule has 0 radical (unpaired) electrons. The molecule has 0 amide bonds. The van der Waals surface area contributed by atoms with Gasteiger partial charge in [0, 0.05) is 7.11 Å². The minimum Gasteiger partial charge on any atom is -0.508 e. The lowest BCUT2D eigenvalue weighted by Gasteiger charge is -2.14. The summed E-state index contributed by atoms with van der Waals surface area (Å²) in [5.74, 6) is 0.568. The van der Waals surface area contributed by atoms with Crippen LogP contribution in [0.4, 0.5) is 0 Å². The van der Waals surface area contributed by atoms with Crippen LogP contribution in [0.15, 0.2) is 48.5 Å². The molecule has 0 saturated carbocycles. The van der Waals surface area contributed by atoms with E-state index in [0.29, 0.717) is 0 Å². The molecule has 2 aromatic carbocycles. The molecule has 0 aromatic heterocycles. The fourth-order valence-electron chi connectivity index (χ4n) is 2.51. The van der Waals surface area contributed by atoms with Gasteiger partial charge in [0.1, 0.15) is 11.5 Å². The van der Waals surface area contributed by atoms with Gasteiger partial charge < -0.3 is 15.3 Å². The molecule has 0 aliphatic rings. The van der Waals surface area contributed by atoms with Crippen LogP contribution in [0.3, 0.4) is 0 Å². The van der Waals surface area contributed by atoms with E-state index in [4.69, 9.17) is 5.11 Å². The number of hydrogen-bond donors (Lipinski definition) is 3. The smallest absolute Gasteiger partial charge is 0.115 e. The molecule has 22 heavy (non-hydrogen) atoms. The molecular formula is C19H24O3. The fraction of sp³-hybridized carbons (Fsp3) is 0.263. The number of hydrogen-bond acceptors (Lipinski definition) is 3. The van der Waals surface area contributed by atoms with Crippen molar-refractivity contribution in [2.24, 2.45) is 0 Å². The largest absolute Gasteiger partial charge is 0.508 e. The zero-order valence-electron chi connectivity index (χ0n) is 13.4. The average molecular weight is 300 g/mol. The number of benzene rings is 2. The van der Waals surface area contributed by atoms with E-state index in [-0.39, 0.29) is 11.5 Å². The van der Waals surface area contributed by atoms with Crippen molar-refractivity contribution < 1.29 is 15.3 Å². The number of rotatable bonds is 4. The number of allylic oxidation sites excluding steroid dienone is 2. The molecule has 3 N–H and O–H groups in total. The highest BCUT2D eigenvalue weighted by Crippen LogP contribution is 2.32. The first-order valence-corrected chi connectivity index (χ1v) is 7.41. The molecule has 2 rings (SSSR count). The van der Waals surface area contributed by atoms with E-state index < -0.39 is 0 Å². The highest BCUT2D eigenvalue weighted by molar-refractivity contribution is 5.90. The summed E-state index contributed by atoms with van der Waals surface area (Å²) in [4.78, 5) is 0. The lowest BCUT2D eigenvalue weighted by molar-refractivity contribution is 0.399. The van der Waals surface area contributed by atoms with Crippen molar-refractivity contribution in [3.8, 4) is 11.5 Å². The summed E-state index contributed by atoms with van der Waals surface area (Å²) in [6.45, 7) is 4.27. The second-order valence-corrected chi connectivity index (χ2v) is 4.76. The normalized spacial score (nSPS) is 11.3. The summed E-state index contributed by atoms with van der Waals surface area (Å²) in [7, 11) is 1.00. The van der Waals surface area contributed by atoms with Crippen LogP contribution in [0.25, 0.3) is 11.1 Å². The van der Waals surface area contributed by atoms with Crippen molar-refractivity contribution in [2.45, 2.75) is 26.7 Å². The molecule has 3 heteroatoms. The molecular weight excluding hydrogens is 276 g/mol. The Bertz CT molecular complexity index is 540. The third-order valence-corrected chi connectivity index (χ3v) is 3.50. The zero-order valence-corrected chi connectivity index (χ0v) is 13.4.